The Morgan fingerprint density at radius 1 is 1.46 bits per heavy atom. The molecule has 1 aromatic carbocycles. The lowest BCUT2D eigenvalue weighted by Gasteiger charge is -2.13. The molecule has 1 atom stereocenters. The molecule has 1 fully saturated rings. The van der Waals surface area contributed by atoms with E-state index in [-0.39, 0.29) is 17.3 Å². The number of nitro benzene ring substituents is 1. The molecular formula is C18H23N5O4S. The van der Waals surface area contributed by atoms with E-state index in [1.165, 1.54) is 62.8 Å². The summed E-state index contributed by atoms with van der Waals surface area (Å²) in [7, 11) is 1.44. The third-order valence-electron chi connectivity index (χ3n) is 4.77. The Kier molecular flexibility index (Phi) is 6.50. The third-order valence-corrected chi connectivity index (χ3v) is 5.73. The summed E-state index contributed by atoms with van der Waals surface area (Å²) in [5.41, 5.74) is 0.132. The smallest absolute Gasteiger partial charge is 0.271 e. The number of carbonyl (C=O) groups is 1. The van der Waals surface area contributed by atoms with Crippen molar-refractivity contribution in [1.29, 1.82) is 0 Å². The average Bonchev–Trinajstić information content (AvgIpc) is 3.34. The molecule has 2 aromatic rings. The van der Waals surface area contributed by atoms with Crippen LogP contribution in [0.3, 0.4) is 0 Å². The molecule has 1 aliphatic rings. The van der Waals surface area contributed by atoms with Gasteiger partial charge in [-0.25, -0.2) is 4.98 Å². The van der Waals surface area contributed by atoms with Gasteiger partial charge in [0.25, 0.3) is 5.69 Å². The number of H-pyrrole nitrogens is 1. The van der Waals surface area contributed by atoms with Gasteiger partial charge in [0.1, 0.15) is 11.6 Å². The average molecular weight is 405 g/mol. The van der Waals surface area contributed by atoms with Gasteiger partial charge in [0.05, 0.1) is 23.0 Å². The number of carbonyl (C=O) groups excluding carboxylic acids is 1. The molecule has 0 spiro atoms. The van der Waals surface area contributed by atoms with Crippen LogP contribution < -0.4 is 10.1 Å². The number of benzene rings is 1. The van der Waals surface area contributed by atoms with Crippen LogP contribution in [-0.4, -0.2) is 38.4 Å². The lowest BCUT2D eigenvalue weighted by atomic mass is 10.0. The van der Waals surface area contributed by atoms with Gasteiger partial charge in [-0.3, -0.25) is 20.0 Å². The zero-order chi connectivity index (χ0) is 20.1. The van der Waals surface area contributed by atoms with Gasteiger partial charge < -0.3 is 10.1 Å². The number of aromatic nitrogens is 3. The molecule has 1 saturated carbocycles. The van der Waals surface area contributed by atoms with E-state index in [0.29, 0.717) is 16.8 Å². The highest BCUT2D eigenvalue weighted by atomic mass is 32.2. The monoisotopic (exact) mass is 405 g/mol. The summed E-state index contributed by atoms with van der Waals surface area (Å²) >= 11 is 1.23. The van der Waals surface area contributed by atoms with Crippen LogP contribution in [0.15, 0.2) is 23.4 Å². The Hall–Kier alpha value is -2.62. The third kappa shape index (κ3) is 5.00. The van der Waals surface area contributed by atoms with Gasteiger partial charge >= 0.3 is 0 Å². The Bertz CT molecular complexity index is 850. The maximum atomic E-state index is 12.5. The van der Waals surface area contributed by atoms with E-state index in [4.69, 9.17) is 4.74 Å². The van der Waals surface area contributed by atoms with Crippen molar-refractivity contribution in [2.45, 2.75) is 49.4 Å². The number of non-ortho nitro benzene ring substituents is 1. The summed E-state index contributed by atoms with van der Waals surface area (Å²) in [4.78, 5) is 27.5. The van der Waals surface area contributed by atoms with Crippen molar-refractivity contribution < 1.29 is 14.5 Å². The first-order chi connectivity index (χ1) is 13.5. The van der Waals surface area contributed by atoms with Gasteiger partial charge in [0.15, 0.2) is 0 Å². The molecule has 1 heterocycles. The van der Waals surface area contributed by atoms with Gasteiger partial charge in [-0.05, 0) is 18.9 Å². The Morgan fingerprint density at radius 3 is 2.89 bits per heavy atom. The minimum Gasteiger partial charge on any atom is -0.495 e. The van der Waals surface area contributed by atoms with Gasteiger partial charge in [-0.1, -0.05) is 37.4 Å². The van der Waals surface area contributed by atoms with Gasteiger partial charge in [-0.2, -0.15) is 0 Å². The molecule has 3 rings (SSSR count). The van der Waals surface area contributed by atoms with Crippen LogP contribution in [0.5, 0.6) is 5.75 Å². The molecule has 0 bridgehead atoms. The fourth-order valence-corrected chi connectivity index (χ4v) is 4.01. The number of methoxy groups -OCH3 is 1. The van der Waals surface area contributed by atoms with Crippen LogP contribution in [0.4, 0.5) is 11.4 Å². The molecule has 28 heavy (non-hydrogen) atoms. The van der Waals surface area contributed by atoms with Gasteiger partial charge in [-0.15, -0.1) is 5.10 Å². The normalized spacial score (nSPS) is 15.4. The molecule has 0 saturated heterocycles. The zero-order valence-electron chi connectivity index (χ0n) is 15.8. The number of hydrogen-bond donors (Lipinski definition) is 2. The number of nitrogens with zero attached hydrogens (tertiary/aromatic N) is 3. The van der Waals surface area contributed by atoms with E-state index in [1.54, 1.807) is 6.92 Å². The second-order valence-electron chi connectivity index (χ2n) is 6.81. The Morgan fingerprint density at radius 2 is 2.21 bits per heavy atom. The highest BCUT2D eigenvalue weighted by molar-refractivity contribution is 8.00. The van der Waals surface area contributed by atoms with E-state index < -0.39 is 10.2 Å². The second-order valence-corrected chi connectivity index (χ2v) is 8.12. The number of thioether (sulfide) groups is 1. The van der Waals surface area contributed by atoms with E-state index in [0.717, 1.165) is 12.2 Å². The summed E-state index contributed by atoms with van der Waals surface area (Å²) in [6.45, 7) is 1.73. The summed E-state index contributed by atoms with van der Waals surface area (Å²) in [5, 5.41) is 20.8. The Labute approximate surface area is 166 Å². The predicted molar refractivity (Wildman–Crippen MR) is 106 cm³/mol. The summed E-state index contributed by atoms with van der Waals surface area (Å²) < 4.78 is 5.17. The summed E-state index contributed by atoms with van der Waals surface area (Å²) in [6.07, 6.45) is 5.90. The number of nitro groups is 1. The van der Waals surface area contributed by atoms with Crippen LogP contribution >= 0.6 is 11.8 Å². The maximum Gasteiger partial charge on any atom is 0.271 e. The predicted octanol–water partition coefficient (Wildman–Crippen LogP) is 3.57. The van der Waals surface area contributed by atoms with Gasteiger partial charge in [0, 0.05) is 18.6 Å². The first-order valence-electron chi connectivity index (χ1n) is 9.17. The molecule has 10 heteroatoms. The summed E-state index contributed by atoms with van der Waals surface area (Å²) in [6, 6.07) is 4.06. The SMILES string of the molecule is COc1ccc([N+](=O)[O-])cc1NC(=O)C(C)Sc1n[nH]c(CC2CCCC2)n1. The minimum absolute atomic E-state index is 0.123. The molecule has 9 nitrogen and oxygen atoms in total. The van der Waals surface area contributed by atoms with Crippen molar-refractivity contribution in [3.8, 4) is 5.75 Å². The lowest BCUT2D eigenvalue weighted by molar-refractivity contribution is -0.384. The molecule has 1 unspecified atom stereocenters. The second kappa shape index (κ2) is 9.05. The zero-order valence-corrected chi connectivity index (χ0v) is 16.6. The molecule has 1 aromatic heterocycles. The van der Waals surface area contributed by atoms with E-state index in [9.17, 15) is 14.9 Å². The van der Waals surface area contributed by atoms with Crippen LogP contribution in [0, 0.1) is 16.0 Å². The van der Waals surface area contributed by atoms with Crippen molar-refractivity contribution in [2.24, 2.45) is 5.92 Å². The highest BCUT2D eigenvalue weighted by Crippen LogP contribution is 2.31. The van der Waals surface area contributed by atoms with E-state index in [1.807, 2.05) is 0 Å². The maximum absolute atomic E-state index is 12.5. The number of rotatable bonds is 8. The fourth-order valence-electron chi connectivity index (χ4n) is 3.26. The highest BCUT2D eigenvalue weighted by Gasteiger charge is 2.21. The molecule has 2 N–H and O–H groups in total. The van der Waals surface area contributed by atoms with E-state index >= 15 is 0 Å². The number of hydrogen-bond acceptors (Lipinski definition) is 7. The van der Waals surface area contributed by atoms with Crippen molar-refractivity contribution in [1.82, 2.24) is 15.2 Å². The van der Waals surface area contributed by atoms with Crippen molar-refractivity contribution in [2.75, 3.05) is 12.4 Å². The minimum atomic E-state index is -0.521. The number of anilines is 1. The van der Waals surface area contributed by atoms with Crippen molar-refractivity contribution in [3.05, 3.63) is 34.1 Å². The van der Waals surface area contributed by atoms with E-state index in [2.05, 4.69) is 20.5 Å². The van der Waals surface area contributed by atoms with Crippen LogP contribution in [-0.2, 0) is 11.2 Å². The molecule has 1 amide bonds. The topological polar surface area (TPSA) is 123 Å². The standard InChI is InChI=1S/C18H23N5O4S/c1-11(28-18-20-16(21-22-18)9-12-5-3-4-6-12)17(24)19-14-10-13(23(25)26)7-8-15(14)27-2/h7-8,10-12H,3-6,9H2,1-2H3,(H,19,24)(H,20,21,22). The van der Waals surface area contributed by atoms with Crippen LogP contribution in [0.1, 0.15) is 38.4 Å². The van der Waals surface area contributed by atoms with Crippen molar-refractivity contribution in [3.63, 3.8) is 0 Å². The largest absolute Gasteiger partial charge is 0.495 e. The fraction of sp³-hybridized carbons (Fsp3) is 0.500. The molecule has 0 radical (unpaired) electrons. The number of nitrogens with one attached hydrogen (secondary N) is 2. The van der Waals surface area contributed by atoms with Gasteiger partial charge in [0.2, 0.25) is 11.1 Å². The Balaban J connectivity index is 1.61. The number of aromatic amines is 1. The van der Waals surface area contributed by atoms with Crippen molar-refractivity contribution >= 4 is 29.0 Å². The van der Waals surface area contributed by atoms with Crippen LogP contribution in [0.25, 0.3) is 0 Å². The quantitative estimate of drug-likeness (QED) is 0.391. The lowest BCUT2D eigenvalue weighted by Crippen LogP contribution is -2.23. The number of ether oxygens (including phenoxy) is 1. The molecule has 1 aliphatic carbocycles. The first kappa shape index (κ1) is 20.1. The summed E-state index contributed by atoms with van der Waals surface area (Å²) in [5.74, 6) is 1.55. The molecule has 150 valence electrons. The first-order valence-corrected chi connectivity index (χ1v) is 10.1. The number of amides is 1. The van der Waals surface area contributed by atoms with Crippen LogP contribution in [0.2, 0.25) is 0 Å². The molecular weight excluding hydrogens is 382 g/mol. The molecule has 0 aliphatic heterocycles.